The lowest BCUT2D eigenvalue weighted by atomic mass is 9.83. The van der Waals surface area contributed by atoms with E-state index in [4.69, 9.17) is 12.2 Å². The fraction of sp³-hybridized carbons (Fsp3) is 0.467. The third-order valence-electron chi connectivity index (χ3n) is 4.28. The SMILES string of the molecule is CC1(n2c(=S)[nH]c3ccccc3c2=O)CCCCC1. The maximum atomic E-state index is 12.7. The van der Waals surface area contributed by atoms with E-state index in [1.54, 1.807) is 0 Å². The lowest BCUT2D eigenvalue weighted by molar-refractivity contribution is 0.209. The zero-order valence-electron chi connectivity index (χ0n) is 11.1. The lowest BCUT2D eigenvalue weighted by Crippen LogP contribution is -2.41. The molecule has 4 heteroatoms. The lowest BCUT2D eigenvalue weighted by Gasteiger charge is -2.35. The second kappa shape index (κ2) is 4.60. The van der Waals surface area contributed by atoms with Crippen molar-refractivity contribution in [3.05, 3.63) is 39.4 Å². The molecule has 19 heavy (non-hydrogen) atoms. The normalized spacial score (nSPS) is 18.6. The maximum Gasteiger partial charge on any atom is 0.262 e. The van der Waals surface area contributed by atoms with E-state index in [0.717, 1.165) is 23.7 Å². The molecule has 0 aliphatic heterocycles. The van der Waals surface area contributed by atoms with Crippen LogP contribution in [-0.2, 0) is 5.54 Å². The topological polar surface area (TPSA) is 37.8 Å². The van der Waals surface area contributed by atoms with E-state index in [-0.39, 0.29) is 11.1 Å². The highest BCUT2D eigenvalue weighted by Crippen LogP contribution is 2.33. The smallest absolute Gasteiger partial charge is 0.262 e. The molecule has 0 unspecified atom stereocenters. The molecule has 0 amide bonds. The number of hydrogen-bond donors (Lipinski definition) is 1. The number of nitrogens with one attached hydrogen (secondary N) is 1. The number of H-pyrrole nitrogens is 1. The second-order valence-electron chi connectivity index (χ2n) is 5.67. The highest BCUT2D eigenvalue weighted by atomic mass is 32.1. The first-order valence-corrected chi connectivity index (χ1v) is 7.27. The van der Waals surface area contributed by atoms with E-state index >= 15 is 0 Å². The van der Waals surface area contributed by atoms with E-state index in [0.29, 0.717) is 4.77 Å². The van der Waals surface area contributed by atoms with Crippen molar-refractivity contribution >= 4 is 23.1 Å². The summed E-state index contributed by atoms with van der Waals surface area (Å²) < 4.78 is 2.36. The molecule has 0 saturated heterocycles. The number of rotatable bonds is 1. The van der Waals surface area contributed by atoms with Gasteiger partial charge in [-0.25, -0.2) is 0 Å². The molecule has 3 rings (SSSR count). The van der Waals surface area contributed by atoms with Crippen LogP contribution in [0.1, 0.15) is 39.0 Å². The van der Waals surface area contributed by atoms with Crippen LogP contribution in [0.25, 0.3) is 10.9 Å². The highest BCUT2D eigenvalue weighted by molar-refractivity contribution is 7.71. The Hall–Kier alpha value is -1.42. The number of hydrogen-bond acceptors (Lipinski definition) is 2. The van der Waals surface area contributed by atoms with Gasteiger partial charge in [0.2, 0.25) is 0 Å². The van der Waals surface area contributed by atoms with Gasteiger partial charge in [-0.1, -0.05) is 31.4 Å². The van der Waals surface area contributed by atoms with Crippen LogP contribution in [0.5, 0.6) is 0 Å². The predicted octanol–water partition coefficient (Wildman–Crippen LogP) is 3.74. The quantitative estimate of drug-likeness (QED) is 0.804. The molecule has 1 aliphatic rings. The average Bonchev–Trinajstić information content (AvgIpc) is 2.39. The minimum absolute atomic E-state index is 0.0451. The van der Waals surface area contributed by atoms with E-state index in [1.165, 1.54) is 19.3 Å². The van der Waals surface area contributed by atoms with Crippen molar-refractivity contribution in [3.8, 4) is 0 Å². The van der Waals surface area contributed by atoms with Gasteiger partial charge in [-0.05, 0) is 44.1 Å². The second-order valence-corrected chi connectivity index (χ2v) is 6.06. The van der Waals surface area contributed by atoms with Gasteiger partial charge in [-0.15, -0.1) is 0 Å². The van der Waals surface area contributed by atoms with Crippen LogP contribution in [0.15, 0.2) is 29.1 Å². The van der Waals surface area contributed by atoms with Gasteiger partial charge in [-0.3, -0.25) is 9.36 Å². The van der Waals surface area contributed by atoms with Gasteiger partial charge in [0.25, 0.3) is 5.56 Å². The van der Waals surface area contributed by atoms with Gasteiger partial charge in [0, 0.05) is 5.54 Å². The van der Waals surface area contributed by atoms with Crippen LogP contribution in [0.2, 0.25) is 0 Å². The molecule has 100 valence electrons. The zero-order chi connectivity index (χ0) is 13.5. The molecular weight excluding hydrogens is 256 g/mol. The molecule has 0 bridgehead atoms. The molecule has 2 aromatic rings. The Balaban J connectivity index is 2.29. The summed E-state index contributed by atoms with van der Waals surface area (Å²) in [7, 11) is 0. The average molecular weight is 274 g/mol. The van der Waals surface area contributed by atoms with Crippen molar-refractivity contribution in [2.75, 3.05) is 0 Å². The first-order chi connectivity index (χ1) is 9.12. The fourth-order valence-electron chi connectivity index (χ4n) is 3.19. The van der Waals surface area contributed by atoms with Gasteiger partial charge in [0.15, 0.2) is 4.77 Å². The molecule has 1 aliphatic carbocycles. The summed E-state index contributed by atoms with van der Waals surface area (Å²) in [5.41, 5.74) is 0.740. The first-order valence-electron chi connectivity index (χ1n) is 6.86. The van der Waals surface area contributed by atoms with Gasteiger partial charge in [0.1, 0.15) is 0 Å². The molecule has 1 aromatic heterocycles. The summed E-state index contributed by atoms with van der Waals surface area (Å²) in [6.07, 6.45) is 5.66. The van der Waals surface area contributed by atoms with Crippen LogP contribution in [0.3, 0.4) is 0 Å². The number of aromatic amines is 1. The molecule has 0 radical (unpaired) electrons. The summed E-state index contributed by atoms with van der Waals surface area (Å²) >= 11 is 5.43. The monoisotopic (exact) mass is 274 g/mol. The molecule has 0 spiro atoms. The standard InChI is InChI=1S/C15H18N2OS/c1-15(9-5-2-6-10-15)17-13(18)11-7-3-4-8-12(11)16-14(17)19/h3-4,7-8H,2,5-6,9-10H2,1H3,(H,16,19). The predicted molar refractivity (Wildman–Crippen MR) is 80.1 cm³/mol. The Kier molecular flexibility index (Phi) is 3.05. The van der Waals surface area contributed by atoms with E-state index < -0.39 is 0 Å². The third kappa shape index (κ3) is 2.04. The number of aromatic nitrogens is 2. The summed E-state index contributed by atoms with van der Waals surface area (Å²) in [5, 5.41) is 0.725. The largest absolute Gasteiger partial charge is 0.332 e. The Morgan fingerprint density at radius 2 is 1.89 bits per heavy atom. The molecule has 1 saturated carbocycles. The third-order valence-corrected chi connectivity index (χ3v) is 4.56. The molecular formula is C15H18N2OS. The van der Waals surface area contributed by atoms with Crippen molar-refractivity contribution < 1.29 is 0 Å². The summed E-state index contributed by atoms with van der Waals surface area (Å²) in [5.74, 6) is 0. The zero-order valence-corrected chi connectivity index (χ0v) is 11.9. The first kappa shape index (κ1) is 12.6. The van der Waals surface area contributed by atoms with Gasteiger partial charge < -0.3 is 4.98 Å². The van der Waals surface area contributed by atoms with E-state index in [2.05, 4.69) is 11.9 Å². The van der Waals surface area contributed by atoms with Crippen molar-refractivity contribution in [1.82, 2.24) is 9.55 Å². The van der Waals surface area contributed by atoms with E-state index in [1.807, 2.05) is 28.8 Å². The minimum Gasteiger partial charge on any atom is -0.332 e. The van der Waals surface area contributed by atoms with Crippen molar-refractivity contribution in [2.45, 2.75) is 44.6 Å². The Bertz CT molecular complexity index is 723. The maximum absolute atomic E-state index is 12.7. The summed E-state index contributed by atoms with van der Waals surface area (Å²) in [4.78, 5) is 15.9. The van der Waals surface area contributed by atoms with Crippen molar-refractivity contribution in [2.24, 2.45) is 0 Å². The summed E-state index contributed by atoms with van der Waals surface area (Å²) in [6, 6.07) is 7.58. The van der Waals surface area contributed by atoms with E-state index in [9.17, 15) is 4.79 Å². The van der Waals surface area contributed by atoms with Crippen molar-refractivity contribution in [1.29, 1.82) is 0 Å². The van der Waals surface area contributed by atoms with Crippen LogP contribution in [0, 0.1) is 4.77 Å². The molecule has 0 atom stereocenters. The number of para-hydroxylation sites is 1. The Morgan fingerprint density at radius 3 is 2.63 bits per heavy atom. The van der Waals surface area contributed by atoms with Crippen LogP contribution in [-0.4, -0.2) is 9.55 Å². The Labute approximate surface area is 117 Å². The molecule has 1 N–H and O–H groups in total. The van der Waals surface area contributed by atoms with Gasteiger partial charge in [0.05, 0.1) is 10.9 Å². The van der Waals surface area contributed by atoms with Crippen LogP contribution < -0.4 is 5.56 Å². The number of nitrogens with zero attached hydrogens (tertiary/aromatic N) is 1. The highest BCUT2D eigenvalue weighted by Gasteiger charge is 2.30. The number of fused-ring (bicyclic) bond motifs is 1. The van der Waals surface area contributed by atoms with Crippen LogP contribution in [0.4, 0.5) is 0 Å². The minimum atomic E-state index is -0.132. The van der Waals surface area contributed by atoms with Gasteiger partial charge >= 0.3 is 0 Å². The molecule has 1 heterocycles. The molecule has 1 aromatic carbocycles. The molecule has 1 fully saturated rings. The van der Waals surface area contributed by atoms with Crippen molar-refractivity contribution in [3.63, 3.8) is 0 Å². The fourth-order valence-corrected chi connectivity index (χ4v) is 3.60. The van der Waals surface area contributed by atoms with Crippen LogP contribution >= 0.6 is 12.2 Å². The number of benzene rings is 1. The summed E-state index contributed by atoms with van der Waals surface area (Å²) in [6.45, 7) is 2.16. The Morgan fingerprint density at radius 1 is 1.21 bits per heavy atom. The molecule has 3 nitrogen and oxygen atoms in total. The van der Waals surface area contributed by atoms with Gasteiger partial charge in [-0.2, -0.15) is 0 Å².